The molecule has 1 heterocycles. The molecule has 3 heteroatoms. The fourth-order valence-electron chi connectivity index (χ4n) is 1.93. The molecule has 1 fully saturated rings. The molecule has 1 N–H and O–H groups in total. The third-order valence-electron chi connectivity index (χ3n) is 2.58. The van der Waals surface area contributed by atoms with E-state index in [2.05, 4.69) is 23.8 Å². The molecule has 0 aromatic heterocycles. The number of hydrogen-bond donors (Lipinski definition) is 1. The van der Waals surface area contributed by atoms with Gasteiger partial charge in [-0.15, -0.1) is 6.58 Å². The smallest absolute Gasteiger partial charge is 0.0707 e. The first-order chi connectivity index (χ1) is 6.76. The molecule has 0 amide bonds. The Hall–Kier alpha value is -0.380. The first kappa shape index (κ1) is 11.7. The molecule has 82 valence electrons. The van der Waals surface area contributed by atoms with E-state index in [1.54, 1.807) is 0 Å². The monoisotopic (exact) mass is 198 g/mol. The first-order valence-corrected chi connectivity index (χ1v) is 5.35. The maximum Gasteiger partial charge on any atom is 0.0707 e. The van der Waals surface area contributed by atoms with Gasteiger partial charge in [0.1, 0.15) is 0 Å². The van der Waals surface area contributed by atoms with Gasteiger partial charge in [-0.2, -0.15) is 0 Å². The lowest BCUT2D eigenvalue weighted by atomic mass is 10.2. The van der Waals surface area contributed by atoms with Gasteiger partial charge in [0.25, 0.3) is 0 Å². The van der Waals surface area contributed by atoms with Crippen LogP contribution in [0, 0.1) is 0 Å². The van der Waals surface area contributed by atoms with Gasteiger partial charge in [-0.05, 0) is 26.9 Å². The summed E-state index contributed by atoms with van der Waals surface area (Å²) in [6, 6.07) is 0. The Kier molecular flexibility index (Phi) is 5.15. The van der Waals surface area contributed by atoms with Crippen molar-refractivity contribution in [1.29, 1.82) is 0 Å². The van der Waals surface area contributed by atoms with E-state index in [4.69, 9.17) is 4.74 Å². The molecular weight excluding hydrogens is 176 g/mol. The van der Waals surface area contributed by atoms with Gasteiger partial charge in [-0.3, -0.25) is 0 Å². The third kappa shape index (κ3) is 3.78. The predicted molar refractivity (Wildman–Crippen MR) is 59.5 cm³/mol. The standard InChI is InChI=1S/C11H22N2O/c1-4-7-13(3)9-11-6-5-10(14-11)8-12-2/h4,10-12H,1,5-9H2,2-3H3. The van der Waals surface area contributed by atoms with Crippen LogP contribution in [0.3, 0.4) is 0 Å². The first-order valence-electron chi connectivity index (χ1n) is 5.35. The summed E-state index contributed by atoms with van der Waals surface area (Å²) in [6.07, 6.45) is 5.14. The molecule has 0 radical (unpaired) electrons. The van der Waals surface area contributed by atoms with Gasteiger partial charge >= 0.3 is 0 Å². The second-order valence-corrected chi connectivity index (χ2v) is 4.03. The molecular formula is C11H22N2O. The minimum atomic E-state index is 0.415. The van der Waals surface area contributed by atoms with E-state index in [9.17, 15) is 0 Å². The largest absolute Gasteiger partial charge is 0.372 e. The van der Waals surface area contributed by atoms with E-state index < -0.39 is 0 Å². The van der Waals surface area contributed by atoms with Gasteiger partial charge in [-0.1, -0.05) is 6.08 Å². The zero-order chi connectivity index (χ0) is 10.4. The normalized spacial score (nSPS) is 27.1. The van der Waals surface area contributed by atoms with Crippen LogP contribution in [0.4, 0.5) is 0 Å². The van der Waals surface area contributed by atoms with E-state index >= 15 is 0 Å². The maximum absolute atomic E-state index is 5.88. The Labute approximate surface area is 87.1 Å². The molecule has 0 bridgehead atoms. The van der Waals surface area contributed by atoms with Crippen LogP contribution in [-0.2, 0) is 4.74 Å². The summed E-state index contributed by atoms with van der Waals surface area (Å²) in [4.78, 5) is 2.25. The van der Waals surface area contributed by atoms with E-state index in [0.29, 0.717) is 12.2 Å². The van der Waals surface area contributed by atoms with E-state index in [1.807, 2.05) is 13.1 Å². The van der Waals surface area contributed by atoms with Crippen LogP contribution in [-0.4, -0.2) is 50.8 Å². The van der Waals surface area contributed by atoms with E-state index in [-0.39, 0.29) is 0 Å². The molecule has 0 aromatic carbocycles. The number of nitrogens with zero attached hydrogens (tertiary/aromatic N) is 1. The minimum Gasteiger partial charge on any atom is -0.372 e. The molecule has 1 aliphatic heterocycles. The average molecular weight is 198 g/mol. The zero-order valence-corrected chi connectivity index (χ0v) is 9.33. The third-order valence-corrected chi connectivity index (χ3v) is 2.58. The van der Waals surface area contributed by atoms with Crippen molar-refractivity contribution in [3.05, 3.63) is 12.7 Å². The Morgan fingerprint density at radius 3 is 2.86 bits per heavy atom. The number of nitrogens with one attached hydrogen (secondary N) is 1. The van der Waals surface area contributed by atoms with Crippen molar-refractivity contribution in [2.45, 2.75) is 25.0 Å². The highest BCUT2D eigenvalue weighted by Gasteiger charge is 2.24. The molecule has 2 unspecified atom stereocenters. The van der Waals surface area contributed by atoms with Crippen molar-refractivity contribution in [3.63, 3.8) is 0 Å². The summed E-state index contributed by atoms with van der Waals surface area (Å²) in [5.41, 5.74) is 0. The molecule has 0 aromatic rings. The van der Waals surface area contributed by atoms with Crippen LogP contribution in [0.2, 0.25) is 0 Å². The molecule has 0 saturated carbocycles. The second-order valence-electron chi connectivity index (χ2n) is 4.03. The van der Waals surface area contributed by atoms with E-state index in [1.165, 1.54) is 12.8 Å². The summed E-state index contributed by atoms with van der Waals surface area (Å²) in [5.74, 6) is 0. The number of ether oxygens (including phenoxy) is 1. The summed E-state index contributed by atoms with van der Waals surface area (Å²) >= 11 is 0. The lowest BCUT2D eigenvalue weighted by Crippen LogP contribution is -2.31. The molecule has 14 heavy (non-hydrogen) atoms. The number of hydrogen-bond acceptors (Lipinski definition) is 3. The maximum atomic E-state index is 5.88. The quantitative estimate of drug-likeness (QED) is 0.641. The summed E-state index contributed by atoms with van der Waals surface area (Å²) < 4.78 is 5.88. The Bertz CT molecular complexity index is 173. The van der Waals surface area contributed by atoms with Crippen molar-refractivity contribution in [3.8, 4) is 0 Å². The Morgan fingerprint density at radius 1 is 1.50 bits per heavy atom. The van der Waals surface area contributed by atoms with Crippen molar-refractivity contribution >= 4 is 0 Å². The van der Waals surface area contributed by atoms with Gasteiger partial charge in [0.15, 0.2) is 0 Å². The molecule has 1 rings (SSSR count). The number of likely N-dealkylation sites (N-methyl/N-ethyl adjacent to an activating group) is 2. The summed E-state index contributed by atoms with van der Waals surface area (Å²) in [5, 5.41) is 3.15. The van der Waals surface area contributed by atoms with Crippen LogP contribution < -0.4 is 5.32 Å². The highest BCUT2D eigenvalue weighted by Crippen LogP contribution is 2.19. The Balaban J connectivity index is 2.18. The predicted octanol–water partition coefficient (Wildman–Crippen LogP) is 0.871. The van der Waals surface area contributed by atoms with Crippen LogP contribution >= 0.6 is 0 Å². The molecule has 0 spiro atoms. The highest BCUT2D eigenvalue weighted by molar-refractivity contribution is 4.79. The van der Waals surface area contributed by atoms with Gasteiger partial charge in [0.05, 0.1) is 12.2 Å². The van der Waals surface area contributed by atoms with Gasteiger partial charge in [-0.25, -0.2) is 0 Å². The molecule has 1 saturated heterocycles. The SMILES string of the molecule is C=CCN(C)CC1CCC(CNC)O1. The van der Waals surface area contributed by atoms with Crippen molar-refractivity contribution in [2.75, 3.05) is 33.7 Å². The molecule has 2 atom stereocenters. The van der Waals surface area contributed by atoms with Crippen LogP contribution in [0.15, 0.2) is 12.7 Å². The number of rotatable bonds is 6. The van der Waals surface area contributed by atoms with Crippen molar-refractivity contribution < 1.29 is 4.74 Å². The zero-order valence-electron chi connectivity index (χ0n) is 9.33. The summed E-state index contributed by atoms with van der Waals surface area (Å²) in [7, 11) is 4.08. The topological polar surface area (TPSA) is 24.5 Å². The average Bonchev–Trinajstić information content (AvgIpc) is 2.53. The van der Waals surface area contributed by atoms with Gasteiger partial charge in [0.2, 0.25) is 0 Å². The molecule has 3 nitrogen and oxygen atoms in total. The lowest BCUT2D eigenvalue weighted by molar-refractivity contribution is 0.0305. The van der Waals surface area contributed by atoms with Gasteiger partial charge in [0, 0.05) is 19.6 Å². The van der Waals surface area contributed by atoms with Crippen molar-refractivity contribution in [2.24, 2.45) is 0 Å². The Morgan fingerprint density at radius 2 is 2.21 bits per heavy atom. The fourth-order valence-corrected chi connectivity index (χ4v) is 1.93. The molecule has 1 aliphatic rings. The van der Waals surface area contributed by atoms with Crippen LogP contribution in [0.25, 0.3) is 0 Å². The lowest BCUT2D eigenvalue weighted by Gasteiger charge is -2.19. The van der Waals surface area contributed by atoms with Crippen molar-refractivity contribution in [1.82, 2.24) is 10.2 Å². The van der Waals surface area contributed by atoms with Gasteiger partial charge < -0.3 is 15.0 Å². The van der Waals surface area contributed by atoms with Crippen LogP contribution in [0.5, 0.6) is 0 Å². The fraction of sp³-hybridized carbons (Fsp3) is 0.818. The highest BCUT2D eigenvalue weighted by atomic mass is 16.5. The summed E-state index contributed by atoms with van der Waals surface area (Å²) in [6.45, 7) is 6.66. The minimum absolute atomic E-state index is 0.415. The molecule has 0 aliphatic carbocycles. The second kappa shape index (κ2) is 6.17. The van der Waals surface area contributed by atoms with Crippen LogP contribution in [0.1, 0.15) is 12.8 Å². The van der Waals surface area contributed by atoms with E-state index in [0.717, 1.165) is 19.6 Å².